The van der Waals surface area contributed by atoms with Gasteiger partial charge >= 0.3 is 0 Å². The molecule has 0 unspecified atom stereocenters. The molecular weight excluding hydrogens is 194 g/mol. The van der Waals surface area contributed by atoms with Crippen molar-refractivity contribution in [2.75, 3.05) is 13.7 Å². The summed E-state index contributed by atoms with van der Waals surface area (Å²) in [5.41, 5.74) is 0.505. The topological polar surface area (TPSA) is 56.2 Å². The van der Waals surface area contributed by atoms with E-state index in [0.29, 0.717) is 18.0 Å². The molecule has 0 aromatic carbocycles. The first-order valence-electron chi connectivity index (χ1n) is 4.88. The van der Waals surface area contributed by atoms with Crippen molar-refractivity contribution in [3.8, 4) is 5.75 Å². The monoisotopic (exact) mass is 211 g/mol. The summed E-state index contributed by atoms with van der Waals surface area (Å²) >= 11 is 0. The Hall–Kier alpha value is -1.36. The third-order valence-electron chi connectivity index (χ3n) is 2.06. The minimum absolute atomic E-state index is 0.0134. The number of ketones is 1. The molecule has 1 heterocycles. The van der Waals surface area contributed by atoms with E-state index in [4.69, 9.17) is 4.74 Å². The van der Waals surface area contributed by atoms with Crippen LogP contribution in [0, 0.1) is 0 Å². The van der Waals surface area contributed by atoms with Crippen molar-refractivity contribution in [1.82, 2.24) is 15.1 Å². The van der Waals surface area contributed by atoms with Gasteiger partial charge in [0.05, 0.1) is 19.9 Å². The normalized spacial score (nSPS) is 10.7. The summed E-state index contributed by atoms with van der Waals surface area (Å²) in [6.45, 7) is 4.29. The van der Waals surface area contributed by atoms with Crippen LogP contribution >= 0.6 is 0 Å². The van der Waals surface area contributed by atoms with E-state index in [1.165, 1.54) is 11.8 Å². The molecule has 0 saturated heterocycles. The van der Waals surface area contributed by atoms with Gasteiger partial charge in [0.15, 0.2) is 11.5 Å². The van der Waals surface area contributed by atoms with E-state index in [0.717, 1.165) is 0 Å². The van der Waals surface area contributed by atoms with Crippen molar-refractivity contribution in [2.24, 2.45) is 7.05 Å². The lowest BCUT2D eigenvalue weighted by molar-refractivity contribution is 0.0976. The number of aromatic nitrogens is 2. The van der Waals surface area contributed by atoms with Gasteiger partial charge in [0, 0.05) is 13.1 Å². The Balaban J connectivity index is 2.76. The van der Waals surface area contributed by atoms with Gasteiger partial charge in [-0.3, -0.25) is 9.48 Å². The number of aryl methyl sites for hydroxylation is 1. The van der Waals surface area contributed by atoms with Crippen molar-refractivity contribution in [2.45, 2.75) is 19.9 Å². The Labute approximate surface area is 89.4 Å². The number of Topliss-reactive ketones (excluding diaryl/α,β-unsaturated/α-hetero) is 1. The number of carbonyl (C=O) groups excluding carboxylic acids is 1. The zero-order chi connectivity index (χ0) is 11.4. The maximum Gasteiger partial charge on any atom is 0.198 e. The van der Waals surface area contributed by atoms with Gasteiger partial charge < -0.3 is 10.1 Å². The quantitative estimate of drug-likeness (QED) is 0.725. The van der Waals surface area contributed by atoms with Crippen LogP contribution in [0.4, 0.5) is 0 Å². The molecule has 1 rings (SSSR count). The second-order valence-corrected chi connectivity index (χ2v) is 3.64. The first-order chi connectivity index (χ1) is 7.06. The molecule has 0 atom stereocenters. The van der Waals surface area contributed by atoms with Gasteiger partial charge in [0.2, 0.25) is 0 Å². The van der Waals surface area contributed by atoms with Crippen LogP contribution in [-0.4, -0.2) is 35.3 Å². The zero-order valence-electron chi connectivity index (χ0n) is 9.57. The summed E-state index contributed by atoms with van der Waals surface area (Å²) < 4.78 is 6.59. The van der Waals surface area contributed by atoms with Crippen molar-refractivity contribution in [3.63, 3.8) is 0 Å². The third kappa shape index (κ3) is 2.79. The third-order valence-corrected chi connectivity index (χ3v) is 2.06. The molecule has 0 saturated carbocycles. The largest absolute Gasteiger partial charge is 0.493 e. The van der Waals surface area contributed by atoms with Gasteiger partial charge in [-0.2, -0.15) is 5.10 Å². The number of nitrogens with one attached hydrogen (secondary N) is 1. The Morgan fingerprint density at radius 2 is 2.33 bits per heavy atom. The minimum atomic E-state index is -0.0134. The van der Waals surface area contributed by atoms with Crippen LogP contribution in [0.25, 0.3) is 0 Å². The van der Waals surface area contributed by atoms with Crippen LogP contribution < -0.4 is 10.1 Å². The van der Waals surface area contributed by atoms with E-state index < -0.39 is 0 Å². The molecule has 0 aliphatic rings. The lowest BCUT2D eigenvalue weighted by Gasteiger charge is -2.08. The van der Waals surface area contributed by atoms with Crippen LogP contribution in [0.5, 0.6) is 5.75 Å². The van der Waals surface area contributed by atoms with Gasteiger partial charge in [0.25, 0.3) is 0 Å². The summed E-state index contributed by atoms with van der Waals surface area (Å²) in [7, 11) is 3.26. The summed E-state index contributed by atoms with van der Waals surface area (Å²) in [4.78, 5) is 11.8. The van der Waals surface area contributed by atoms with Gasteiger partial charge in [-0.15, -0.1) is 0 Å². The summed E-state index contributed by atoms with van der Waals surface area (Å²) in [5.74, 6) is 0.508. The maximum atomic E-state index is 11.8. The molecule has 5 heteroatoms. The molecular formula is C10H17N3O2. The van der Waals surface area contributed by atoms with Crippen LogP contribution in [0.1, 0.15) is 24.3 Å². The Morgan fingerprint density at radius 1 is 1.67 bits per heavy atom. The van der Waals surface area contributed by atoms with Gasteiger partial charge in [-0.05, 0) is 0 Å². The first-order valence-corrected chi connectivity index (χ1v) is 4.88. The van der Waals surface area contributed by atoms with Gasteiger partial charge in [-0.25, -0.2) is 0 Å². The van der Waals surface area contributed by atoms with E-state index in [1.54, 1.807) is 13.2 Å². The minimum Gasteiger partial charge on any atom is -0.493 e. The van der Waals surface area contributed by atoms with Gasteiger partial charge in [-0.1, -0.05) is 13.8 Å². The molecule has 0 radical (unpaired) electrons. The second kappa shape index (κ2) is 4.93. The number of hydrogen-bond acceptors (Lipinski definition) is 4. The van der Waals surface area contributed by atoms with Crippen LogP contribution in [-0.2, 0) is 7.05 Å². The number of ether oxygens (including phenoxy) is 1. The molecule has 1 aromatic heterocycles. The molecule has 5 nitrogen and oxygen atoms in total. The van der Waals surface area contributed by atoms with Crippen molar-refractivity contribution in [3.05, 3.63) is 11.9 Å². The molecule has 1 N–H and O–H groups in total. The molecule has 0 aliphatic carbocycles. The average Bonchev–Trinajstić information content (AvgIpc) is 2.56. The molecule has 0 fully saturated rings. The molecule has 1 aromatic rings. The molecule has 84 valence electrons. The Bertz CT molecular complexity index is 344. The predicted octanol–water partition coefficient (Wildman–Crippen LogP) is 0.609. The highest BCUT2D eigenvalue weighted by Gasteiger charge is 2.17. The van der Waals surface area contributed by atoms with Crippen LogP contribution in [0.2, 0.25) is 0 Å². The lowest BCUT2D eigenvalue weighted by Crippen LogP contribution is -2.30. The SMILES string of the molecule is COc1cnn(C)c1C(=O)CNC(C)C. The lowest BCUT2D eigenvalue weighted by atomic mass is 10.2. The molecule has 0 spiro atoms. The standard InChI is InChI=1S/C10H17N3O2/c1-7(2)11-5-8(14)10-9(15-4)6-12-13(10)3/h6-7,11H,5H2,1-4H3. The molecule has 0 bridgehead atoms. The average molecular weight is 211 g/mol. The van der Waals surface area contributed by atoms with Crippen LogP contribution in [0.15, 0.2) is 6.20 Å². The number of hydrogen-bond donors (Lipinski definition) is 1. The summed E-state index contributed by atoms with van der Waals surface area (Å²) in [5, 5.41) is 7.04. The highest BCUT2D eigenvalue weighted by molar-refractivity contribution is 5.98. The number of nitrogens with zero attached hydrogens (tertiary/aromatic N) is 2. The second-order valence-electron chi connectivity index (χ2n) is 3.64. The number of carbonyl (C=O) groups is 1. The van der Waals surface area contributed by atoms with E-state index in [2.05, 4.69) is 10.4 Å². The van der Waals surface area contributed by atoms with Gasteiger partial charge in [0.1, 0.15) is 5.69 Å². The first kappa shape index (κ1) is 11.7. The summed E-state index contributed by atoms with van der Waals surface area (Å²) in [6.07, 6.45) is 1.54. The molecule has 15 heavy (non-hydrogen) atoms. The number of methoxy groups -OCH3 is 1. The molecule has 0 amide bonds. The van der Waals surface area contributed by atoms with Crippen LogP contribution in [0.3, 0.4) is 0 Å². The van der Waals surface area contributed by atoms with E-state index in [9.17, 15) is 4.79 Å². The molecule has 0 aliphatic heterocycles. The highest BCUT2D eigenvalue weighted by Crippen LogP contribution is 2.16. The number of rotatable bonds is 5. The predicted molar refractivity (Wildman–Crippen MR) is 57.2 cm³/mol. The van der Waals surface area contributed by atoms with E-state index >= 15 is 0 Å². The maximum absolute atomic E-state index is 11.8. The Kier molecular flexibility index (Phi) is 3.85. The fraction of sp³-hybridized carbons (Fsp3) is 0.600. The van der Waals surface area contributed by atoms with Crippen molar-refractivity contribution >= 4 is 5.78 Å². The smallest absolute Gasteiger partial charge is 0.198 e. The highest BCUT2D eigenvalue weighted by atomic mass is 16.5. The van der Waals surface area contributed by atoms with E-state index in [1.807, 2.05) is 13.8 Å². The fourth-order valence-corrected chi connectivity index (χ4v) is 1.27. The van der Waals surface area contributed by atoms with Crippen molar-refractivity contribution in [1.29, 1.82) is 0 Å². The Morgan fingerprint density at radius 3 is 2.87 bits per heavy atom. The zero-order valence-corrected chi connectivity index (χ0v) is 9.57. The van der Waals surface area contributed by atoms with E-state index in [-0.39, 0.29) is 11.8 Å². The summed E-state index contributed by atoms with van der Waals surface area (Å²) in [6, 6.07) is 0.285. The fourth-order valence-electron chi connectivity index (χ4n) is 1.27. The van der Waals surface area contributed by atoms with Crippen molar-refractivity contribution < 1.29 is 9.53 Å².